The van der Waals surface area contributed by atoms with Crippen LogP contribution in [0.5, 0.6) is 11.5 Å². The number of amides is 1. The predicted molar refractivity (Wildman–Crippen MR) is 95.8 cm³/mol. The lowest BCUT2D eigenvalue weighted by Gasteiger charge is -2.39. The van der Waals surface area contributed by atoms with Gasteiger partial charge in [0.15, 0.2) is 11.5 Å². The number of hydrogen-bond donors (Lipinski definition) is 1. The van der Waals surface area contributed by atoms with Gasteiger partial charge in [0, 0.05) is 19.6 Å². The predicted octanol–water partition coefficient (Wildman–Crippen LogP) is 1.71. The van der Waals surface area contributed by atoms with Crippen LogP contribution >= 0.6 is 0 Å². The molecule has 0 saturated carbocycles. The van der Waals surface area contributed by atoms with E-state index >= 15 is 0 Å². The number of para-hydroxylation sites is 1. The second-order valence-electron chi connectivity index (χ2n) is 7.31. The first-order valence-corrected chi connectivity index (χ1v) is 8.84. The zero-order chi connectivity index (χ0) is 18.9. The minimum atomic E-state index is -0.760. The van der Waals surface area contributed by atoms with Crippen molar-refractivity contribution < 1.29 is 24.2 Å². The number of carboxylic acid groups (broad SMARTS) is 1. The third kappa shape index (κ3) is 3.23. The van der Waals surface area contributed by atoms with Gasteiger partial charge in [0.05, 0.1) is 19.8 Å². The third-order valence-electron chi connectivity index (χ3n) is 5.77. The number of ether oxygens (including phenoxy) is 2. The van der Waals surface area contributed by atoms with Gasteiger partial charge in [-0.2, -0.15) is 0 Å². The van der Waals surface area contributed by atoms with Gasteiger partial charge >= 0.3 is 5.97 Å². The largest absolute Gasteiger partial charge is 0.493 e. The number of methoxy groups -OCH3 is 2. The molecule has 7 heteroatoms. The van der Waals surface area contributed by atoms with Crippen molar-refractivity contribution in [1.82, 2.24) is 9.80 Å². The van der Waals surface area contributed by atoms with Crippen LogP contribution < -0.4 is 9.47 Å². The minimum absolute atomic E-state index is 0.00689. The van der Waals surface area contributed by atoms with Crippen LogP contribution in [0.1, 0.15) is 29.6 Å². The first kappa shape index (κ1) is 18.5. The molecular formula is C19H26N2O5. The Morgan fingerprint density at radius 1 is 1.19 bits per heavy atom. The topological polar surface area (TPSA) is 79.3 Å². The lowest BCUT2D eigenvalue weighted by Crippen LogP contribution is -2.44. The molecule has 1 amide bonds. The van der Waals surface area contributed by atoms with Crippen LogP contribution in [0.25, 0.3) is 0 Å². The summed E-state index contributed by atoms with van der Waals surface area (Å²) in [5.41, 5.74) is 0.488. The highest BCUT2D eigenvalue weighted by Crippen LogP contribution is 2.43. The van der Waals surface area contributed by atoms with Crippen LogP contribution in [-0.2, 0) is 4.79 Å². The number of likely N-dealkylation sites (tertiary alicyclic amines) is 2. The van der Waals surface area contributed by atoms with Crippen molar-refractivity contribution >= 4 is 11.9 Å². The number of nitrogens with zero attached hydrogens (tertiary/aromatic N) is 2. The van der Waals surface area contributed by atoms with E-state index in [1.54, 1.807) is 25.3 Å². The number of carboxylic acids is 1. The van der Waals surface area contributed by atoms with Gasteiger partial charge in [-0.3, -0.25) is 14.5 Å². The third-order valence-corrected chi connectivity index (χ3v) is 5.77. The standard InChI is InChI=1S/C19H26N2O5/c1-20-12-19(11-14(20)18(23)24)7-9-21(10-8-19)17(22)13-5-4-6-15(25-2)16(13)26-3/h4-6,14H,7-12H2,1-3H3,(H,23,24)/t14-/m0/s1. The van der Waals surface area contributed by atoms with E-state index in [1.807, 2.05) is 16.8 Å². The molecule has 26 heavy (non-hydrogen) atoms. The molecule has 0 aromatic heterocycles. The molecule has 1 spiro atoms. The van der Waals surface area contributed by atoms with E-state index in [0.29, 0.717) is 36.6 Å². The van der Waals surface area contributed by atoms with E-state index in [-0.39, 0.29) is 11.3 Å². The highest BCUT2D eigenvalue weighted by Gasteiger charge is 2.47. The molecule has 2 fully saturated rings. The van der Waals surface area contributed by atoms with Crippen molar-refractivity contribution in [3.63, 3.8) is 0 Å². The van der Waals surface area contributed by atoms with Crippen molar-refractivity contribution in [2.75, 3.05) is 40.9 Å². The number of likely N-dealkylation sites (N-methyl/N-ethyl adjacent to an activating group) is 1. The van der Waals surface area contributed by atoms with Gasteiger partial charge in [0.25, 0.3) is 5.91 Å². The Hall–Kier alpha value is -2.28. The van der Waals surface area contributed by atoms with Gasteiger partial charge in [-0.1, -0.05) is 6.07 Å². The van der Waals surface area contributed by atoms with E-state index in [9.17, 15) is 14.7 Å². The second kappa shape index (κ2) is 7.15. The average Bonchev–Trinajstić information content (AvgIpc) is 2.97. The van der Waals surface area contributed by atoms with Gasteiger partial charge < -0.3 is 19.5 Å². The Labute approximate surface area is 153 Å². The van der Waals surface area contributed by atoms with Crippen LogP contribution in [0.3, 0.4) is 0 Å². The van der Waals surface area contributed by atoms with E-state index in [0.717, 1.165) is 19.4 Å². The summed E-state index contributed by atoms with van der Waals surface area (Å²) in [5, 5.41) is 9.36. The molecule has 2 aliphatic rings. The summed E-state index contributed by atoms with van der Waals surface area (Å²) in [5.74, 6) is 0.154. The fourth-order valence-electron chi connectivity index (χ4n) is 4.32. The molecule has 142 valence electrons. The summed E-state index contributed by atoms with van der Waals surface area (Å²) in [6.45, 7) is 2.02. The van der Waals surface area contributed by atoms with Crippen LogP contribution in [-0.4, -0.2) is 73.7 Å². The maximum absolute atomic E-state index is 13.0. The van der Waals surface area contributed by atoms with E-state index in [4.69, 9.17) is 9.47 Å². The molecule has 2 saturated heterocycles. The summed E-state index contributed by atoms with van der Waals surface area (Å²) in [6, 6.07) is 4.87. The normalized spacial score (nSPS) is 22.4. The monoisotopic (exact) mass is 362 g/mol. The van der Waals surface area contributed by atoms with Crippen molar-refractivity contribution in [2.45, 2.75) is 25.3 Å². The first-order valence-electron chi connectivity index (χ1n) is 8.84. The Bertz CT molecular complexity index is 697. The Morgan fingerprint density at radius 2 is 1.88 bits per heavy atom. The number of carbonyl (C=O) groups excluding carboxylic acids is 1. The van der Waals surface area contributed by atoms with E-state index in [2.05, 4.69) is 0 Å². The molecule has 0 unspecified atom stereocenters. The van der Waals surface area contributed by atoms with Crippen LogP contribution in [0.2, 0.25) is 0 Å². The van der Waals surface area contributed by atoms with Gasteiger partial charge in [0.1, 0.15) is 6.04 Å². The summed E-state index contributed by atoms with van der Waals surface area (Å²) >= 11 is 0. The maximum Gasteiger partial charge on any atom is 0.320 e. The van der Waals surface area contributed by atoms with Crippen molar-refractivity contribution in [1.29, 1.82) is 0 Å². The quantitative estimate of drug-likeness (QED) is 0.879. The van der Waals surface area contributed by atoms with Crippen molar-refractivity contribution in [3.05, 3.63) is 23.8 Å². The number of rotatable bonds is 4. The molecular weight excluding hydrogens is 336 g/mol. The summed E-state index contributed by atoms with van der Waals surface area (Å²) < 4.78 is 10.7. The molecule has 0 bridgehead atoms. The summed E-state index contributed by atoms with van der Waals surface area (Å²) in [7, 11) is 4.94. The SMILES string of the molecule is COc1cccc(C(=O)N2CCC3(CC2)C[C@@H](C(=O)O)N(C)C3)c1OC. The molecule has 2 aliphatic heterocycles. The van der Waals surface area contributed by atoms with Crippen molar-refractivity contribution in [3.8, 4) is 11.5 Å². The molecule has 7 nitrogen and oxygen atoms in total. The highest BCUT2D eigenvalue weighted by molar-refractivity contribution is 5.98. The average molecular weight is 362 g/mol. The lowest BCUT2D eigenvalue weighted by molar-refractivity contribution is -0.141. The van der Waals surface area contributed by atoms with Gasteiger partial charge in [0.2, 0.25) is 0 Å². The smallest absolute Gasteiger partial charge is 0.320 e. The lowest BCUT2D eigenvalue weighted by atomic mass is 9.76. The zero-order valence-corrected chi connectivity index (χ0v) is 15.5. The van der Waals surface area contributed by atoms with Gasteiger partial charge in [-0.05, 0) is 43.9 Å². The fraction of sp³-hybridized carbons (Fsp3) is 0.579. The molecule has 0 radical (unpaired) electrons. The van der Waals surface area contributed by atoms with E-state index in [1.165, 1.54) is 7.11 Å². The van der Waals surface area contributed by atoms with Gasteiger partial charge in [-0.25, -0.2) is 0 Å². The molecule has 1 aromatic carbocycles. The fourth-order valence-corrected chi connectivity index (χ4v) is 4.32. The molecule has 3 rings (SSSR count). The Kier molecular flexibility index (Phi) is 5.09. The zero-order valence-electron chi connectivity index (χ0n) is 15.5. The maximum atomic E-state index is 13.0. The minimum Gasteiger partial charge on any atom is -0.493 e. The number of benzene rings is 1. The Balaban J connectivity index is 1.71. The molecule has 1 aromatic rings. The molecule has 0 aliphatic carbocycles. The molecule has 1 atom stereocenters. The van der Waals surface area contributed by atoms with Crippen molar-refractivity contribution in [2.24, 2.45) is 5.41 Å². The molecule has 1 N–H and O–H groups in total. The molecule has 2 heterocycles. The van der Waals surface area contributed by atoms with Crippen LogP contribution in [0, 0.1) is 5.41 Å². The Morgan fingerprint density at radius 3 is 2.42 bits per heavy atom. The number of carbonyl (C=O) groups is 2. The van der Waals surface area contributed by atoms with E-state index < -0.39 is 12.0 Å². The van der Waals surface area contributed by atoms with Crippen LogP contribution in [0.4, 0.5) is 0 Å². The summed E-state index contributed by atoms with van der Waals surface area (Å²) in [6.07, 6.45) is 2.29. The summed E-state index contributed by atoms with van der Waals surface area (Å²) in [4.78, 5) is 28.1. The number of piperidine rings is 1. The first-order chi connectivity index (χ1) is 12.4. The van der Waals surface area contributed by atoms with Gasteiger partial charge in [-0.15, -0.1) is 0 Å². The number of hydrogen-bond acceptors (Lipinski definition) is 5. The second-order valence-corrected chi connectivity index (χ2v) is 7.31. The number of aliphatic carboxylic acids is 1. The highest BCUT2D eigenvalue weighted by atomic mass is 16.5. The van der Waals surface area contributed by atoms with Crippen LogP contribution in [0.15, 0.2) is 18.2 Å².